The fraction of sp³-hybridized carbons (Fsp3) is 0.400. The Bertz CT molecular complexity index is 1300. The molecule has 0 fully saturated rings. The Morgan fingerprint density at radius 2 is 1.89 bits per heavy atom. The summed E-state index contributed by atoms with van der Waals surface area (Å²) < 4.78 is 9.95. The molecule has 2 heterocycles. The molecule has 0 aliphatic carbocycles. The van der Waals surface area contributed by atoms with Crippen LogP contribution in [0.4, 0.5) is 5.00 Å². The molecule has 192 valence electrons. The largest absolute Gasteiger partial charge is 0.466 e. The summed E-state index contributed by atoms with van der Waals surface area (Å²) in [6, 6.07) is 8.08. The second kappa shape index (κ2) is 12.3. The van der Waals surface area contributed by atoms with Crippen LogP contribution in [0.3, 0.4) is 0 Å². The lowest BCUT2D eigenvalue weighted by molar-refractivity contribution is -0.146. The number of aromatic nitrogens is 2. The van der Waals surface area contributed by atoms with Gasteiger partial charge in [-0.25, -0.2) is 9.78 Å². The van der Waals surface area contributed by atoms with E-state index in [1.165, 1.54) is 11.3 Å². The van der Waals surface area contributed by atoms with E-state index < -0.39 is 23.9 Å². The van der Waals surface area contributed by atoms with E-state index in [-0.39, 0.29) is 31.6 Å². The number of ether oxygens (including phenoxy) is 2. The predicted molar refractivity (Wildman–Crippen MR) is 137 cm³/mol. The average molecular weight is 515 g/mol. The molecule has 36 heavy (non-hydrogen) atoms. The SMILES string of the molecule is CCOC(=O)CCC(NC(=O)c1ccc(N(C)Cc2ccc3nc(C)[nH]c(=O)c3c2)s1)C(=O)OCC. The number of rotatable bonds is 11. The van der Waals surface area contributed by atoms with Crippen molar-refractivity contribution in [1.29, 1.82) is 0 Å². The minimum Gasteiger partial charge on any atom is -0.466 e. The first-order valence-corrected chi connectivity index (χ1v) is 12.5. The Morgan fingerprint density at radius 3 is 2.61 bits per heavy atom. The van der Waals surface area contributed by atoms with Crippen LogP contribution in [-0.2, 0) is 25.6 Å². The Labute approximate surface area is 212 Å². The van der Waals surface area contributed by atoms with Gasteiger partial charge in [-0.1, -0.05) is 6.07 Å². The number of carbonyl (C=O) groups is 3. The molecular formula is C25H30N4O6S. The second-order valence-corrected chi connectivity index (χ2v) is 9.18. The third-order valence-corrected chi connectivity index (χ3v) is 6.52. The van der Waals surface area contributed by atoms with Crippen LogP contribution in [0.1, 0.15) is 47.7 Å². The van der Waals surface area contributed by atoms with Crippen LogP contribution in [0.5, 0.6) is 0 Å². The molecule has 0 saturated heterocycles. The third-order valence-electron chi connectivity index (χ3n) is 5.32. The molecule has 0 saturated carbocycles. The summed E-state index contributed by atoms with van der Waals surface area (Å²) in [6.07, 6.45) is 0.0662. The van der Waals surface area contributed by atoms with E-state index in [0.29, 0.717) is 28.1 Å². The standard InChI is InChI=1S/C25H30N4O6S/c1-5-34-22(30)12-9-19(25(33)35-6-2)28-24(32)20-10-11-21(36-20)29(4)14-16-7-8-18-17(13-16)23(31)27-15(3)26-18/h7-8,10-11,13,19H,5-6,9,12,14H2,1-4H3,(H,28,32)(H,26,27,31). The van der Waals surface area contributed by atoms with Crippen molar-refractivity contribution < 1.29 is 23.9 Å². The zero-order chi connectivity index (χ0) is 26.2. The van der Waals surface area contributed by atoms with Gasteiger partial charge in [-0.2, -0.15) is 0 Å². The fourth-order valence-electron chi connectivity index (χ4n) is 3.62. The predicted octanol–water partition coefficient (Wildman–Crippen LogP) is 2.93. The van der Waals surface area contributed by atoms with E-state index in [0.717, 1.165) is 10.6 Å². The fourth-order valence-corrected chi connectivity index (χ4v) is 4.49. The first kappa shape index (κ1) is 26.9. The molecule has 11 heteroatoms. The van der Waals surface area contributed by atoms with Gasteiger partial charge in [-0.15, -0.1) is 11.3 Å². The summed E-state index contributed by atoms with van der Waals surface area (Å²) >= 11 is 1.27. The molecule has 2 aromatic heterocycles. The van der Waals surface area contributed by atoms with E-state index in [1.54, 1.807) is 26.8 Å². The molecule has 3 aromatic rings. The summed E-state index contributed by atoms with van der Waals surface area (Å²) in [5.41, 5.74) is 1.37. The minimum atomic E-state index is -0.960. The lowest BCUT2D eigenvalue weighted by atomic mass is 10.1. The topological polar surface area (TPSA) is 131 Å². The van der Waals surface area contributed by atoms with Crippen LogP contribution in [0.25, 0.3) is 10.9 Å². The van der Waals surface area contributed by atoms with Gasteiger partial charge >= 0.3 is 11.9 Å². The maximum absolute atomic E-state index is 12.9. The minimum absolute atomic E-state index is 0.0142. The van der Waals surface area contributed by atoms with E-state index in [1.807, 2.05) is 36.2 Å². The van der Waals surface area contributed by atoms with Gasteiger partial charge in [0.05, 0.1) is 34.0 Å². The number of carbonyl (C=O) groups excluding carboxylic acids is 3. The van der Waals surface area contributed by atoms with Crippen LogP contribution < -0.4 is 15.8 Å². The summed E-state index contributed by atoms with van der Waals surface area (Å²) in [7, 11) is 1.89. The molecule has 0 aliphatic rings. The number of benzene rings is 1. The first-order valence-electron chi connectivity index (χ1n) is 11.7. The average Bonchev–Trinajstić information content (AvgIpc) is 3.33. The van der Waals surface area contributed by atoms with E-state index in [2.05, 4.69) is 15.3 Å². The highest BCUT2D eigenvalue weighted by Gasteiger charge is 2.25. The van der Waals surface area contributed by atoms with Gasteiger partial charge in [-0.3, -0.25) is 14.4 Å². The maximum atomic E-state index is 12.9. The van der Waals surface area contributed by atoms with E-state index in [9.17, 15) is 19.2 Å². The Hall–Kier alpha value is -3.73. The van der Waals surface area contributed by atoms with Crippen LogP contribution in [0, 0.1) is 6.92 Å². The van der Waals surface area contributed by atoms with Crippen molar-refractivity contribution in [3.63, 3.8) is 0 Å². The van der Waals surface area contributed by atoms with Gasteiger partial charge in [-0.05, 0) is 57.0 Å². The first-order chi connectivity index (χ1) is 17.2. The highest BCUT2D eigenvalue weighted by molar-refractivity contribution is 7.18. The van der Waals surface area contributed by atoms with E-state index in [4.69, 9.17) is 9.47 Å². The van der Waals surface area contributed by atoms with Crippen molar-refractivity contribution in [2.45, 2.75) is 46.2 Å². The highest BCUT2D eigenvalue weighted by atomic mass is 32.1. The van der Waals surface area contributed by atoms with Crippen LogP contribution >= 0.6 is 11.3 Å². The molecule has 0 spiro atoms. The van der Waals surface area contributed by atoms with Crippen molar-refractivity contribution in [3.05, 3.63) is 57.0 Å². The molecule has 0 aliphatic heterocycles. The van der Waals surface area contributed by atoms with Crippen molar-refractivity contribution in [3.8, 4) is 0 Å². The number of nitrogens with one attached hydrogen (secondary N) is 2. The second-order valence-electron chi connectivity index (χ2n) is 8.12. The molecule has 1 atom stereocenters. The molecule has 10 nitrogen and oxygen atoms in total. The van der Waals surface area contributed by atoms with Crippen LogP contribution in [-0.4, -0.2) is 54.1 Å². The van der Waals surface area contributed by atoms with Crippen molar-refractivity contribution >= 4 is 45.1 Å². The normalized spacial score (nSPS) is 11.7. The number of hydrogen-bond donors (Lipinski definition) is 2. The van der Waals surface area contributed by atoms with Crippen LogP contribution in [0.2, 0.25) is 0 Å². The summed E-state index contributed by atoms with van der Waals surface area (Å²) in [6.45, 7) is 6.03. The number of aryl methyl sites for hydroxylation is 1. The van der Waals surface area contributed by atoms with Crippen molar-refractivity contribution in [1.82, 2.24) is 15.3 Å². The molecule has 2 N–H and O–H groups in total. The lowest BCUT2D eigenvalue weighted by Gasteiger charge is -2.18. The number of fused-ring (bicyclic) bond motifs is 1. The number of hydrogen-bond acceptors (Lipinski definition) is 9. The Kier molecular flexibility index (Phi) is 9.18. The quantitative estimate of drug-likeness (QED) is 0.374. The van der Waals surface area contributed by atoms with E-state index >= 15 is 0 Å². The highest BCUT2D eigenvalue weighted by Crippen LogP contribution is 2.27. The number of esters is 2. The van der Waals surface area contributed by atoms with Gasteiger partial charge in [0.1, 0.15) is 11.9 Å². The Balaban J connectivity index is 1.68. The zero-order valence-corrected chi connectivity index (χ0v) is 21.6. The number of nitrogens with zero attached hydrogens (tertiary/aromatic N) is 2. The molecule has 1 amide bonds. The molecule has 3 rings (SSSR count). The maximum Gasteiger partial charge on any atom is 0.328 e. The molecular weight excluding hydrogens is 484 g/mol. The monoisotopic (exact) mass is 514 g/mol. The van der Waals surface area contributed by atoms with Crippen molar-refractivity contribution in [2.24, 2.45) is 0 Å². The number of H-pyrrole nitrogens is 1. The number of anilines is 1. The Morgan fingerprint density at radius 1 is 1.14 bits per heavy atom. The summed E-state index contributed by atoms with van der Waals surface area (Å²) in [4.78, 5) is 58.6. The van der Waals surface area contributed by atoms with Gasteiger partial charge in [0.15, 0.2) is 0 Å². The molecule has 1 aromatic carbocycles. The molecule has 1 unspecified atom stereocenters. The number of aromatic amines is 1. The smallest absolute Gasteiger partial charge is 0.328 e. The number of thiophene rings is 1. The summed E-state index contributed by atoms with van der Waals surface area (Å²) in [5.74, 6) is -0.907. The zero-order valence-electron chi connectivity index (χ0n) is 20.8. The van der Waals surface area contributed by atoms with Gasteiger partial charge in [0, 0.05) is 20.0 Å². The lowest BCUT2D eigenvalue weighted by Crippen LogP contribution is -2.42. The third kappa shape index (κ3) is 6.91. The molecule has 0 bridgehead atoms. The van der Waals surface area contributed by atoms with Crippen LogP contribution in [0.15, 0.2) is 35.1 Å². The molecule has 0 radical (unpaired) electrons. The van der Waals surface area contributed by atoms with Gasteiger partial charge < -0.3 is 24.7 Å². The summed E-state index contributed by atoms with van der Waals surface area (Å²) in [5, 5.41) is 4.02. The number of amides is 1. The van der Waals surface area contributed by atoms with Crippen molar-refractivity contribution in [2.75, 3.05) is 25.2 Å². The van der Waals surface area contributed by atoms with Gasteiger partial charge in [0.25, 0.3) is 11.5 Å². The van der Waals surface area contributed by atoms with Gasteiger partial charge in [0.2, 0.25) is 0 Å².